The molecule has 0 fully saturated rings. The van der Waals surface area contributed by atoms with Gasteiger partial charge in [-0.15, -0.1) is 0 Å². The molecule has 0 N–H and O–H groups in total. The number of rotatable bonds is 0. The standard InChI is InChI=1S/C11H8N2O/c1-2-8-11-9(4-5-12-8)13-6-7-14-10(11)3-1/h1-6H,7H2. The maximum atomic E-state index is 5.53. The van der Waals surface area contributed by atoms with E-state index in [2.05, 4.69) is 9.98 Å². The van der Waals surface area contributed by atoms with Gasteiger partial charge in [0.15, 0.2) is 0 Å². The Kier molecular flexibility index (Phi) is 1.50. The fourth-order valence-corrected chi connectivity index (χ4v) is 1.65. The van der Waals surface area contributed by atoms with Gasteiger partial charge in [0.05, 0.1) is 16.6 Å². The van der Waals surface area contributed by atoms with Crippen molar-refractivity contribution in [3.63, 3.8) is 0 Å². The molecule has 0 aliphatic carbocycles. The molecule has 3 heteroatoms. The molecule has 0 spiro atoms. The van der Waals surface area contributed by atoms with E-state index < -0.39 is 0 Å². The largest absolute Gasteiger partial charge is 0.487 e. The van der Waals surface area contributed by atoms with Gasteiger partial charge < -0.3 is 4.74 Å². The van der Waals surface area contributed by atoms with E-state index in [1.54, 1.807) is 12.4 Å². The normalized spacial score (nSPS) is 13.7. The van der Waals surface area contributed by atoms with E-state index in [1.807, 2.05) is 24.3 Å². The third-order valence-electron chi connectivity index (χ3n) is 2.25. The van der Waals surface area contributed by atoms with Gasteiger partial charge in [0.1, 0.15) is 12.4 Å². The van der Waals surface area contributed by atoms with Crippen molar-refractivity contribution in [1.29, 1.82) is 0 Å². The molecule has 0 radical (unpaired) electrons. The summed E-state index contributed by atoms with van der Waals surface area (Å²) in [5, 5.41) is 1.00. The monoisotopic (exact) mass is 184 g/mol. The third-order valence-corrected chi connectivity index (χ3v) is 2.25. The maximum absolute atomic E-state index is 5.53. The molecule has 14 heavy (non-hydrogen) atoms. The number of benzene rings is 1. The van der Waals surface area contributed by atoms with Crippen molar-refractivity contribution in [1.82, 2.24) is 4.98 Å². The van der Waals surface area contributed by atoms with Gasteiger partial charge in [0, 0.05) is 12.4 Å². The number of hydrogen-bond donors (Lipinski definition) is 0. The van der Waals surface area contributed by atoms with Gasteiger partial charge in [-0.1, -0.05) is 6.07 Å². The van der Waals surface area contributed by atoms with Crippen LogP contribution in [0.3, 0.4) is 0 Å². The third kappa shape index (κ3) is 0.988. The Morgan fingerprint density at radius 2 is 2.21 bits per heavy atom. The summed E-state index contributed by atoms with van der Waals surface area (Å²) in [6.45, 7) is 0.522. The lowest BCUT2D eigenvalue weighted by molar-refractivity contribution is 0.386. The Bertz CT molecular complexity index is 514. The van der Waals surface area contributed by atoms with Crippen LogP contribution in [0.1, 0.15) is 0 Å². The summed E-state index contributed by atoms with van der Waals surface area (Å²) in [4.78, 5) is 8.59. The number of aliphatic imine (C=N–C) groups is 1. The quantitative estimate of drug-likeness (QED) is 0.629. The predicted molar refractivity (Wildman–Crippen MR) is 55.4 cm³/mol. The Morgan fingerprint density at radius 1 is 1.21 bits per heavy atom. The fraction of sp³-hybridized carbons (Fsp3) is 0.0909. The topological polar surface area (TPSA) is 34.5 Å². The molecule has 0 saturated carbocycles. The van der Waals surface area contributed by atoms with Crippen LogP contribution in [0.5, 0.6) is 5.75 Å². The van der Waals surface area contributed by atoms with Crippen molar-refractivity contribution < 1.29 is 4.74 Å². The molecule has 1 aromatic heterocycles. The van der Waals surface area contributed by atoms with Gasteiger partial charge in [-0.05, 0) is 18.2 Å². The molecule has 0 saturated heterocycles. The minimum absolute atomic E-state index is 0.522. The molecule has 0 unspecified atom stereocenters. The van der Waals surface area contributed by atoms with Crippen LogP contribution < -0.4 is 4.74 Å². The summed E-state index contributed by atoms with van der Waals surface area (Å²) in [6, 6.07) is 7.76. The predicted octanol–water partition coefficient (Wildman–Crippen LogP) is 2.33. The van der Waals surface area contributed by atoms with Crippen LogP contribution in [-0.4, -0.2) is 17.8 Å². The average Bonchev–Trinajstić information content (AvgIpc) is 2.44. The van der Waals surface area contributed by atoms with Gasteiger partial charge in [-0.25, -0.2) is 0 Å². The van der Waals surface area contributed by atoms with E-state index in [-0.39, 0.29) is 0 Å². The Labute approximate surface area is 81.1 Å². The lowest BCUT2D eigenvalue weighted by Gasteiger charge is -2.05. The number of nitrogens with zero attached hydrogens (tertiary/aromatic N) is 2. The summed E-state index contributed by atoms with van der Waals surface area (Å²) >= 11 is 0. The lowest BCUT2D eigenvalue weighted by Crippen LogP contribution is -1.95. The van der Waals surface area contributed by atoms with Crippen LogP contribution in [-0.2, 0) is 0 Å². The van der Waals surface area contributed by atoms with E-state index in [9.17, 15) is 0 Å². The first-order valence-corrected chi connectivity index (χ1v) is 4.48. The van der Waals surface area contributed by atoms with Crippen LogP contribution in [0.25, 0.3) is 10.9 Å². The molecule has 2 aromatic rings. The zero-order valence-corrected chi connectivity index (χ0v) is 7.47. The summed E-state index contributed by atoms with van der Waals surface area (Å²) < 4.78 is 5.53. The van der Waals surface area contributed by atoms with Gasteiger partial charge in [-0.3, -0.25) is 9.98 Å². The van der Waals surface area contributed by atoms with Crippen molar-refractivity contribution in [2.24, 2.45) is 4.99 Å². The highest BCUT2D eigenvalue weighted by Gasteiger charge is 2.09. The maximum Gasteiger partial charge on any atom is 0.131 e. The smallest absolute Gasteiger partial charge is 0.131 e. The Morgan fingerprint density at radius 3 is 3.21 bits per heavy atom. The van der Waals surface area contributed by atoms with Crippen LogP contribution >= 0.6 is 0 Å². The highest BCUT2D eigenvalue weighted by Crippen LogP contribution is 2.33. The average molecular weight is 184 g/mol. The summed E-state index contributed by atoms with van der Waals surface area (Å²) in [6.07, 6.45) is 3.54. The molecule has 0 atom stereocenters. The zero-order chi connectivity index (χ0) is 9.38. The zero-order valence-electron chi connectivity index (χ0n) is 7.47. The summed E-state index contributed by atoms with van der Waals surface area (Å²) in [7, 11) is 0. The Hall–Kier alpha value is -1.90. The second-order valence-corrected chi connectivity index (χ2v) is 3.10. The number of ether oxygens (including phenoxy) is 1. The van der Waals surface area contributed by atoms with Crippen molar-refractivity contribution in [3.8, 4) is 5.75 Å². The molecular formula is C11H8N2O. The molecule has 0 amide bonds. The second kappa shape index (κ2) is 2.80. The van der Waals surface area contributed by atoms with Crippen molar-refractivity contribution in [2.45, 2.75) is 0 Å². The van der Waals surface area contributed by atoms with Crippen molar-refractivity contribution in [3.05, 3.63) is 30.5 Å². The van der Waals surface area contributed by atoms with Gasteiger partial charge in [0.25, 0.3) is 0 Å². The van der Waals surface area contributed by atoms with E-state index in [0.717, 1.165) is 22.3 Å². The first kappa shape index (κ1) is 7.50. The molecule has 1 aromatic carbocycles. The molecule has 3 rings (SSSR count). The number of aromatic nitrogens is 1. The highest BCUT2D eigenvalue weighted by atomic mass is 16.5. The van der Waals surface area contributed by atoms with Crippen molar-refractivity contribution >= 4 is 22.8 Å². The van der Waals surface area contributed by atoms with Crippen LogP contribution in [0.4, 0.5) is 5.69 Å². The first-order chi connectivity index (χ1) is 6.95. The molecule has 2 heterocycles. The summed E-state index contributed by atoms with van der Waals surface area (Å²) in [5.74, 6) is 0.864. The minimum Gasteiger partial charge on any atom is -0.487 e. The van der Waals surface area contributed by atoms with Crippen molar-refractivity contribution in [2.75, 3.05) is 6.61 Å². The second-order valence-electron chi connectivity index (χ2n) is 3.10. The molecule has 68 valence electrons. The van der Waals surface area contributed by atoms with E-state index in [4.69, 9.17) is 4.74 Å². The molecular weight excluding hydrogens is 176 g/mol. The highest BCUT2D eigenvalue weighted by molar-refractivity contribution is 5.96. The molecule has 3 nitrogen and oxygen atoms in total. The first-order valence-electron chi connectivity index (χ1n) is 4.48. The van der Waals surface area contributed by atoms with Gasteiger partial charge >= 0.3 is 0 Å². The van der Waals surface area contributed by atoms with E-state index >= 15 is 0 Å². The van der Waals surface area contributed by atoms with Gasteiger partial charge in [0.2, 0.25) is 0 Å². The van der Waals surface area contributed by atoms with Gasteiger partial charge in [-0.2, -0.15) is 0 Å². The molecule has 1 aliphatic heterocycles. The SMILES string of the molecule is C1=Nc2ccnc3cccc(c23)OC1. The van der Waals surface area contributed by atoms with E-state index in [1.165, 1.54) is 0 Å². The van der Waals surface area contributed by atoms with Crippen LogP contribution in [0.15, 0.2) is 35.5 Å². The molecule has 0 bridgehead atoms. The Balaban J connectivity index is 2.49. The lowest BCUT2D eigenvalue weighted by atomic mass is 10.2. The number of hydrogen-bond acceptors (Lipinski definition) is 3. The van der Waals surface area contributed by atoms with E-state index in [0.29, 0.717) is 6.61 Å². The number of pyridine rings is 1. The molecule has 1 aliphatic rings. The fourth-order valence-electron chi connectivity index (χ4n) is 1.65. The summed E-state index contributed by atoms with van der Waals surface area (Å²) in [5.41, 5.74) is 1.86. The minimum atomic E-state index is 0.522. The van der Waals surface area contributed by atoms with Crippen LogP contribution in [0.2, 0.25) is 0 Å². The van der Waals surface area contributed by atoms with Crippen LogP contribution in [0, 0.1) is 0 Å².